The fraction of sp³-hybridized carbons (Fsp3) is 0.562. The second-order valence-corrected chi connectivity index (χ2v) is 5.78. The fourth-order valence-electron chi connectivity index (χ4n) is 3.21. The highest BCUT2D eigenvalue weighted by Gasteiger charge is 2.23. The molecule has 3 rings (SSSR count). The van der Waals surface area contributed by atoms with Crippen molar-refractivity contribution >= 4 is 5.91 Å². The Morgan fingerprint density at radius 2 is 2.21 bits per heavy atom. The molecule has 102 valence electrons. The van der Waals surface area contributed by atoms with Gasteiger partial charge in [0.1, 0.15) is 0 Å². The smallest absolute Gasteiger partial charge is 0.227 e. The van der Waals surface area contributed by atoms with E-state index in [0.29, 0.717) is 12.5 Å². The summed E-state index contributed by atoms with van der Waals surface area (Å²) in [5.74, 6) is 0.242. The molecule has 1 amide bonds. The number of likely N-dealkylation sites (N-methyl/N-ethyl adjacent to an activating group) is 1. The van der Waals surface area contributed by atoms with Gasteiger partial charge in [-0.2, -0.15) is 0 Å². The van der Waals surface area contributed by atoms with Crippen LogP contribution in [0.3, 0.4) is 0 Å². The van der Waals surface area contributed by atoms with Gasteiger partial charge in [0.25, 0.3) is 0 Å². The zero-order valence-electron chi connectivity index (χ0n) is 11.6. The molecule has 1 aliphatic carbocycles. The largest absolute Gasteiger partial charge is 0.341 e. The van der Waals surface area contributed by atoms with Crippen LogP contribution in [-0.2, 0) is 24.1 Å². The summed E-state index contributed by atoms with van der Waals surface area (Å²) in [4.78, 5) is 14.2. The first-order valence-electron chi connectivity index (χ1n) is 7.31. The van der Waals surface area contributed by atoms with Crippen molar-refractivity contribution in [1.29, 1.82) is 0 Å². The number of hydrogen-bond acceptors (Lipinski definition) is 2. The van der Waals surface area contributed by atoms with Gasteiger partial charge in [0.2, 0.25) is 5.91 Å². The molecule has 1 saturated heterocycles. The molecule has 0 aromatic heterocycles. The quantitative estimate of drug-likeness (QED) is 0.892. The first kappa shape index (κ1) is 12.7. The minimum absolute atomic E-state index is 0.242. The summed E-state index contributed by atoms with van der Waals surface area (Å²) >= 11 is 0. The lowest BCUT2D eigenvalue weighted by Crippen LogP contribution is -2.39. The number of nitrogens with zero attached hydrogens (tertiary/aromatic N) is 1. The number of benzene rings is 1. The number of carbonyl (C=O) groups is 1. The lowest BCUT2D eigenvalue weighted by Gasteiger charge is -2.24. The first-order valence-corrected chi connectivity index (χ1v) is 7.31. The number of amides is 1. The Morgan fingerprint density at radius 3 is 3.00 bits per heavy atom. The van der Waals surface area contributed by atoms with Crippen LogP contribution in [0.15, 0.2) is 18.2 Å². The van der Waals surface area contributed by atoms with Crippen molar-refractivity contribution in [3.8, 4) is 0 Å². The van der Waals surface area contributed by atoms with Crippen LogP contribution in [0.25, 0.3) is 0 Å². The van der Waals surface area contributed by atoms with Crippen molar-refractivity contribution in [2.24, 2.45) is 0 Å². The van der Waals surface area contributed by atoms with Gasteiger partial charge in [-0.3, -0.25) is 4.79 Å². The standard InChI is InChI=1S/C16H22N2O/c1-18(15-7-8-17-11-15)16(19)10-12-5-6-13-3-2-4-14(13)9-12/h5-6,9,15,17H,2-4,7-8,10-11H2,1H3. The molecule has 0 radical (unpaired) electrons. The molecule has 0 spiro atoms. The summed E-state index contributed by atoms with van der Waals surface area (Å²) in [6, 6.07) is 6.95. The van der Waals surface area contributed by atoms with Crippen LogP contribution in [0.5, 0.6) is 0 Å². The number of hydrogen-bond donors (Lipinski definition) is 1. The van der Waals surface area contributed by atoms with E-state index in [4.69, 9.17) is 0 Å². The van der Waals surface area contributed by atoms with Crippen LogP contribution in [0.2, 0.25) is 0 Å². The van der Waals surface area contributed by atoms with E-state index in [9.17, 15) is 4.79 Å². The van der Waals surface area contributed by atoms with E-state index in [1.807, 2.05) is 11.9 Å². The zero-order chi connectivity index (χ0) is 13.2. The number of carbonyl (C=O) groups excluding carboxylic acids is 1. The number of rotatable bonds is 3. The van der Waals surface area contributed by atoms with Gasteiger partial charge in [0.05, 0.1) is 6.42 Å². The molecule has 1 aliphatic heterocycles. The minimum Gasteiger partial charge on any atom is -0.341 e. The van der Waals surface area contributed by atoms with Crippen LogP contribution in [0, 0.1) is 0 Å². The molecule has 1 N–H and O–H groups in total. The monoisotopic (exact) mass is 258 g/mol. The van der Waals surface area contributed by atoms with Gasteiger partial charge in [-0.25, -0.2) is 0 Å². The van der Waals surface area contributed by atoms with Crippen molar-refractivity contribution in [2.75, 3.05) is 20.1 Å². The maximum Gasteiger partial charge on any atom is 0.227 e. The maximum atomic E-state index is 12.3. The predicted octanol–water partition coefficient (Wildman–Crippen LogP) is 1.54. The molecule has 3 heteroatoms. The van der Waals surface area contributed by atoms with Gasteiger partial charge >= 0.3 is 0 Å². The molecule has 3 nitrogen and oxygen atoms in total. The van der Waals surface area contributed by atoms with Gasteiger partial charge in [-0.05, 0) is 48.9 Å². The summed E-state index contributed by atoms with van der Waals surface area (Å²) in [5, 5.41) is 3.31. The summed E-state index contributed by atoms with van der Waals surface area (Å²) in [6.07, 6.45) is 5.27. The van der Waals surface area contributed by atoms with Crippen LogP contribution < -0.4 is 5.32 Å². The molecule has 1 unspecified atom stereocenters. The predicted molar refractivity (Wildman–Crippen MR) is 76.2 cm³/mol. The summed E-state index contributed by atoms with van der Waals surface area (Å²) in [5.41, 5.74) is 4.10. The fourth-order valence-corrected chi connectivity index (χ4v) is 3.21. The zero-order valence-corrected chi connectivity index (χ0v) is 11.6. The molecule has 0 bridgehead atoms. The lowest BCUT2D eigenvalue weighted by molar-refractivity contribution is -0.130. The van der Waals surface area contributed by atoms with Gasteiger partial charge < -0.3 is 10.2 Å². The van der Waals surface area contributed by atoms with Gasteiger partial charge in [-0.1, -0.05) is 18.2 Å². The Kier molecular flexibility index (Phi) is 3.56. The Labute approximate surface area is 115 Å². The second-order valence-electron chi connectivity index (χ2n) is 5.78. The minimum atomic E-state index is 0.242. The third-order valence-corrected chi connectivity index (χ3v) is 4.49. The molecule has 0 saturated carbocycles. The van der Waals surface area contributed by atoms with Crippen LogP contribution in [0.4, 0.5) is 0 Å². The van der Waals surface area contributed by atoms with Crippen LogP contribution in [0.1, 0.15) is 29.5 Å². The normalized spacial score (nSPS) is 21.4. The molecule has 1 aromatic rings. The average Bonchev–Trinajstić information content (AvgIpc) is 3.08. The van der Waals surface area contributed by atoms with E-state index < -0.39 is 0 Å². The molecule has 1 fully saturated rings. The number of aryl methyl sites for hydroxylation is 2. The Hall–Kier alpha value is -1.35. The SMILES string of the molecule is CN(C(=O)Cc1ccc2c(c1)CCC2)C1CCNC1. The summed E-state index contributed by atoms with van der Waals surface area (Å²) < 4.78 is 0. The molecule has 1 atom stereocenters. The van der Waals surface area contributed by atoms with E-state index in [1.54, 1.807) is 0 Å². The highest BCUT2D eigenvalue weighted by atomic mass is 16.2. The lowest BCUT2D eigenvalue weighted by atomic mass is 10.0. The highest BCUT2D eigenvalue weighted by Crippen LogP contribution is 2.23. The number of fused-ring (bicyclic) bond motifs is 1. The summed E-state index contributed by atoms with van der Waals surface area (Å²) in [7, 11) is 1.94. The van der Waals surface area contributed by atoms with Crippen molar-refractivity contribution in [3.63, 3.8) is 0 Å². The van der Waals surface area contributed by atoms with Crippen molar-refractivity contribution in [3.05, 3.63) is 34.9 Å². The van der Waals surface area contributed by atoms with Crippen LogP contribution in [-0.4, -0.2) is 37.0 Å². The van der Waals surface area contributed by atoms with Gasteiger partial charge in [-0.15, -0.1) is 0 Å². The van der Waals surface area contributed by atoms with Crippen molar-refractivity contribution in [1.82, 2.24) is 10.2 Å². The van der Waals surface area contributed by atoms with E-state index in [1.165, 1.54) is 36.0 Å². The Morgan fingerprint density at radius 1 is 1.37 bits per heavy atom. The molecule has 1 aromatic carbocycles. The molecular formula is C16H22N2O. The van der Waals surface area contributed by atoms with E-state index in [-0.39, 0.29) is 5.91 Å². The van der Waals surface area contributed by atoms with Crippen molar-refractivity contribution < 1.29 is 4.79 Å². The van der Waals surface area contributed by atoms with Gasteiger partial charge in [0.15, 0.2) is 0 Å². The number of nitrogens with one attached hydrogen (secondary N) is 1. The Bertz CT molecular complexity index is 478. The topological polar surface area (TPSA) is 32.3 Å². The van der Waals surface area contributed by atoms with Gasteiger partial charge in [0, 0.05) is 19.6 Å². The van der Waals surface area contributed by atoms with E-state index in [2.05, 4.69) is 23.5 Å². The average molecular weight is 258 g/mol. The molecule has 19 heavy (non-hydrogen) atoms. The molecule has 1 heterocycles. The molecular weight excluding hydrogens is 236 g/mol. The third-order valence-electron chi connectivity index (χ3n) is 4.49. The first-order chi connectivity index (χ1) is 9.24. The second kappa shape index (κ2) is 5.33. The third kappa shape index (κ3) is 2.66. The molecule has 2 aliphatic rings. The van der Waals surface area contributed by atoms with Crippen molar-refractivity contribution in [2.45, 2.75) is 38.1 Å². The highest BCUT2D eigenvalue weighted by molar-refractivity contribution is 5.79. The van der Waals surface area contributed by atoms with E-state index in [0.717, 1.165) is 19.5 Å². The van der Waals surface area contributed by atoms with E-state index >= 15 is 0 Å². The maximum absolute atomic E-state index is 12.3. The summed E-state index contributed by atoms with van der Waals surface area (Å²) in [6.45, 7) is 1.97. The Balaban J connectivity index is 1.65. The van der Waals surface area contributed by atoms with Crippen LogP contribution >= 0.6 is 0 Å².